The van der Waals surface area contributed by atoms with Crippen LogP contribution in [0.4, 0.5) is 5.69 Å². The molecule has 7 nitrogen and oxygen atoms in total. The smallest absolute Gasteiger partial charge is 0.262 e. The largest absolute Gasteiger partial charge is 0.483 e. The summed E-state index contributed by atoms with van der Waals surface area (Å²) in [6, 6.07) is 13.3. The van der Waals surface area contributed by atoms with E-state index in [1.165, 1.54) is 0 Å². The van der Waals surface area contributed by atoms with Crippen LogP contribution in [0.2, 0.25) is 0 Å². The highest BCUT2D eigenvalue weighted by Crippen LogP contribution is 2.26. The predicted octanol–water partition coefficient (Wildman–Crippen LogP) is 3.18. The van der Waals surface area contributed by atoms with Crippen molar-refractivity contribution in [1.82, 2.24) is 14.5 Å². The Morgan fingerprint density at radius 2 is 2.19 bits per heavy atom. The average Bonchev–Trinajstić information content (AvgIpc) is 3.31. The number of anilines is 1. The highest BCUT2D eigenvalue weighted by Gasteiger charge is 2.09. The monoisotopic (exact) mass is 364 g/mol. The zero-order chi connectivity index (χ0) is 18.6. The number of nitrogens with zero attached hydrogens (tertiary/aromatic N) is 2. The van der Waals surface area contributed by atoms with Crippen molar-refractivity contribution < 1.29 is 14.3 Å². The summed E-state index contributed by atoms with van der Waals surface area (Å²) >= 11 is 0. The van der Waals surface area contributed by atoms with E-state index in [9.17, 15) is 4.79 Å². The van der Waals surface area contributed by atoms with Gasteiger partial charge in [-0.3, -0.25) is 4.79 Å². The maximum Gasteiger partial charge on any atom is 0.262 e. The first-order chi connectivity index (χ1) is 13.2. The molecular formula is C20H20N4O3. The van der Waals surface area contributed by atoms with Crippen LogP contribution in [0.5, 0.6) is 5.75 Å². The maximum atomic E-state index is 12.3. The standard InChI is InChI=1S/C20H20N4O3/c1-26-10-9-24-8-7-15-18(24)3-2-4-19(15)27-12-20(25)23-14-5-6-16-17(11-14)22-13-21-16/h2-8,11,13H,9-10,12H2,1H3,(H,21,22)(H,23,25). The molecule has 27 heavy (non-hydrogen) atoms. The molecule has 1 amide bonds. The van der Waals surface area contributed by atoms with Crippen LogP contribution < -0.4 is 10.1 Å². The first kappa shape index (κ1) is 17.1. The second-order valence-electron chi connectivity index (χ2n) is 6.16. The van der Waals surface area contributed by atoms with Gasteiger partial charge in [0.25, 0.3) is 5.91 Å². The first-order valence-electron chi connectivity index (χ1n) is 8.67. The van der Waals surface area contributed by atoms with Crippen LogP contribution in [0.15, 0.2) is 55.0 Å². The third-order valence-corrected chi connectivity index (χ3v) is 4.37. The number of hydrogen-bond donors (Lipinski definition) is 2. The molecule has 4 aromatic rings. The lowest BCUT2D eigenvalue weighted by Gasteiger charge is -2.10. The molecule has 0 radical (unpaired) electrons. The van der Waals surface area contributed by atoms with E-state index in [1.54, 1.807) is 13.4 Å². The van der Waals surface area contributed by atoms with Gasteiger partial charge in [0, 0.05) is 30.9 Å². The zero-order valence-corrected chi connectivity index (χ0v) is 14.9. The van der Waals surface area contributed by atoms with E-state index in [2.05, 4.69) is 19.9 Å². The van der Waals surface area contributed by atoms with Gasteiger partial charge in [-0.2, -0.15) is 0 Å². The van der Waals surface area contributed by atoms with E-state index in [4.69, 9.17) is 9.47 Å². The van der Waals surface area contributed by atoms with Crippen LogP contribution in [0.1, 0.15) is 0 Å². The van der Waals surface area contributed by atoms with Gasteiger partial charge < -0.3 is 24.3 Å². The summed E-state index contributed by atoms with van der Waals surface area (Å²) in [7, 11) is 1.68. The van der Waals surface area contributed by atoms with Gasteiger partial charge in [0.2, 0.25) is 0 Å². The number of carbonyl (C=O) groups excluding carboxylic acids is 1. The molecular weight excluding hydrogens is 344 g/mol. The summed E-state index contributed by atoms with van der Waals surface area (Å²) in [6.45, 7) is 1.33. The number of ether oxygens (including phenoxy) is 2. The molecule has 0 aliphatic rings. The molecule has 2 aromatic carbocycles. The molecule has 0 saturated heterocycles. The number of nitrogens with one attached hydrogen (secondary N) is 2. The van der Waals surface area contributed by atoms with Crippen LogP contribution in [-0.2, 0) is 16.1 Å². The molecule has 0 spiro atoms. The van der Waals surface area contributed by atoms with Crippen molar-refractivity contribution in [3.63, 3.8) is 0 Å². The molecule has 0 aliphatic heterocycles. The summed E-state index contributed by atoms with van der Waals surface area (Å²) in [4.78, 5) is 19.4. The fourth-order valence-corrected chi connectivity index (χ4v) is 3.06. The molecule has 2 aromatic heterocycles. The molecule has 2 heterocycles. The summed E-state index contributed by atoms with van der Waals surface area (Å²) in [6.07, 6.45) is 3.62. The number of H-pyrrole nitrogens is 1. The first-order valence-corrected chi connectivity index (χ1v) is 8.67. The number of hydrogen-bond acceptors (Lipinski definition) is 4. The van der Waals surface area contributed by atoms with Gasteiger partial charge in [0.05, 0.1) is 29.5 Å². The van der Waals surface area contributed by atoms with E-state index in [0.717, 1.165) is 28.5 Å². The fraction of sp³-hybridized carbons (Fsp3) is 0.200. The van der Waals surface area contributed by atoms with Gasteiger partial charge >= 0.3 is 0 Å². The average molecular weight is 364 g/mol. The highest BCUT2D eigenvalue weighted by atomic mass is 16.5. The van der Waals surface area contributed by atoms with E-state index in [0.29, 0.717) is 18.0 Å². The predicted molar refractivity (Wildman–Crippen MR) is 104 cm³/mol. The van der Waals surface area contributed by atoms with Crippen molar-refractivity contribution in [2.75, 3.05) is 25.6 Å². The van der Waals surface area contributed by atoms with E-state index in [-0.39, 0.29) is 12.5 Å². The van der Waals surface area contributed by atoms with Crippen LogP contribution in [0.25, 0.3) is 21.9 Å². The Morgan fingerprint density at radius 1 is 1.26 bits per heavy atom. The van der Waals surface area contributed by atoms with Crippen molar-refractivity contribution in [2.24, 2.45) is 0 Å². The normalized spacial score (nSPS) is 11.1. The molecule has 2 N–H and O–H groups in total. The Balaban J connectivity index is 1.43. The van der Waals surface area contributed by atoms with Crippen LogP contribution in [0, 0.1) is 0 Å². The Morgan fingerprint density at radius 3 is 3.07 bits per heavy atom. The summed E-state index contributed by atoms with van der Waals surface area (Å²) in [5.74, 6) is 0.465. The minimum Gasteiger partial charge on any atom is -0.483 e. The molecule has 0 atom stereocenters. The molecule has 7 heteroatoms. The molecule has 4 rings (SSSR count). The number of aromatic amines is 1. The number of amides is 1. The zero-order valence-electron chi connectivity index (χ0n) is 14.9. The molecule has 0 bridgehead atoms. The second kappa shape index (κ2) is 7.51. The number of methoxy groups -OCH3 is 1. The number of fused-ring (bicyclic) bond motifs is 2. The summed E-state index contributed by atoms with van der Waals surface area (Å²) in [5, 5.41) is 3.81. The van der Waals surface area contributed by atoms with Gasteiger partial charge in [0.1, 0.15) is 5.75 Å². The number of imidazole rings is 1. The highest BCUT2D eigenvalue weighted by molar-refractivity contribution is 5.94. The molecule has 0 fully saturated rings. The number of aromatic nitrogens is 3. The van der Waals surface area contributed by atoms with Gasteiger partial charge in [-0.05, 0) is 36.4 Å². The number of rotatable bonds is 7. The van der Waals surface area contributed by atoms with E-state index in [1.807, 2.05) is 48.7 Å². The SMILES string of the molecule is COCCn1ccc2c(OCC(=O)Nc3ccc4nc[nH]c4c3)cccc21. The fourth-order valence-electron chi connectivity index (χ4n) is 3.06. The van der Waals surface area contributed by atoms with E-state index < -0.39 is 0 Å². The Kier molecular flexibility index (Phi) is 4.76. The van der Waals surface area contributed by atoms with Gasteiger partial charge in [0.15, 0.2) is 6.61 Å². The van der Waals surface area contributed by atoms with Crippen molar-refractivity contribution in [3.8, 4) is 5.75 Å². The molecule has 0 aliphatic carbocycles. The Hall–Kier alpha value is -3.32. The van der Waals surface area contributed by atoms with Gasteiger partial charge in [-0.15, -0.1) is 0 Å². The summed E-state index contributed by atoms with van der Waals surface area (Å²) < 4.78 is 13.0. The Bertz CT molecular complexity index is 1080. The molecule has 0 unspecified atom stereocenters. The second-order valence-corrected chi connectivity index (χ2v) is 6.16. The quantitative estimate of drug-likeness (QED) is 0.528. The Labute approximate surface area is 155 Å². The van der Waals surface area contributed by atoms with Crippen LogP contribution in [0.3, 0.4) is 0 Å². The number of carbonyl (C=O) groups is 1. The topological polar surface area (TPSA) is 81.2 Å². The molecule has 138 valence electrons. The number of benzene rings is 2. The van der Waals surface area contributed by atoms with E-state index >= 15 is 0 Å². The van der Waals surface area contributed by atoms with Gasteiger partial charge in [-0.1, -0.05) is 6.07 Å². The van der Waals surface area contributed by atoms with Gasteiger partial charge in [-0.25, -0.2) is 4.98 Å². The maximum absolute atomic E-state index is 12.3. The van der Waals surface area contributed by atoms with Crippen molar-refractivity contribution >= 4 is 33.5 Å². The van der Waals surface area contributed by atoms with Crippen molar-refractivity contribution in [2.45, 2.75) is 6.54 Å². The lowest BCUT2D eigenvalue weighted by atomic mass is 10.2. The van der Waals surface area contributed by atoms with Crippen molar-refractivity contribution in [3.05, 3.63) is 55.0 Å². The minimum atomic E-state index is -0.218. The molecule has 0 saturated carbocycles. The van der Waals surface area contributed by atoms with Crippen LogP contribution >= 0.6 is 0 Å². The lowest BCUT2D eigenvalue weighted by Crippen LogP contribution is -2.20. The third-order valence-electron chi connectivity index (χ3n) is 4.37. The minimum absolute atomic E-state index is 0.0661. The third kappa shape index (κ3) is 3.63. The lowest BCUT2D eigenvalue weighted by molar-refractivity contribution is -0.118. The van der Waals surface area contributed by atoms with Crippen LogP contribution in [-0.4, -0.2) is 40.8 Å². The summed E-state index contributed by atoms with van der Waals surface area (Å²) in [5.41, 5.74) is 3.48. The van der Waals surface area contributed by atoms with Crippen molar-refractivity contribution in [1.29, 1.82) is 0 Å².